The van der Waals surface area contributed by atoms with E-state index in [1.165, 1.54) is 19.2 Å². The van der Waals surface area contributed by atoms with Crippen LogP contribution in [0.4, 0.5) is 0 Å². The normalized spacial score (nSPS) is 8.92. The third-order valence-electron chi connectivity index (χ3n) is 1.37. The number of nitrogens with zero attached hydrogens (tertiary/aromatic N) is 2. The first kappa shape index (κ1) is 9.00. The van der Waals surface area contributed by atoms with Gasteiger partial charge in [0.1, 0.15) is 11.8 Å². The van der Waals surface area contributed by atoms with Gasteiger partial charge < -0.3 is 9.84 Å². The van der Waals surface area contributed by atoms with E-state index in [4.69, 9.17) is 10.4 Å². The molecule has 0 aliphatic heterocycles. The third-order valence-corrected chi connectivity index (χ3v) is 1.37. The number of pyridine rings is 1. The summed E-state index contributed by atoms with van der Waals surface area (Å²) in [6.07, 6.45) is 0. The summed E-state index contributed by atoms with van der Waals surface area (Å²) >= 11 is 0. The van der Waals surface area contributed by atoms with Gasteiger partial charge in [0.05, 0.1) is 7.11 Å². The van der Waals surface area contributed by atoms with Crippen LogP contribution < -0.4 is 0 Å². The molecule has 0 aromatic carbocycles. The maximum Gasteiger partial charge on any atom is 0.356 e. The van der Waals surface area contributed by atoms with Gasteiger partial charge in [-0.05, 0) is 12.1 Å². The average Bonchev–Trinajstić information content (AvgIpc) is 2.17. The van der Waals surface area contributed by atoms with Crippen LogP contribution in [0.3, 0.4) is 0 Å². The van der Waals surface area contributed by atoms with Gasteiger partial charge in [-0.25, -0.2) is 9.78 Å². The first-order valence-electron chi connectivity index (χ1n) is 3.37. The van der Waals surface area contributed by atoms with Crippen molar-refractivity contribution in [1.29, 1.82) is 5.26 Å². The van der Waals surface area contributed by atoms with Crippen molar-refractivity contribution in [3.05, 3.63) is 23.5 Å². The minimum Gasteiger partial charge on any atom is -0.505 e. The first-order valence-corrected chi connectivity index (χ1v) is 3.37. The van der Waals surface area contributed by atoms with Gasteiger partial charge in [0.15, 0.2) is 11.4 Å². The van der Waals surface area contributed by atoms with Gasteiger partial charge in [-0.3, -0.25) is 0 Å². The van der Waals surface area contributed by atoms with Gasteiger partial charge in [0, 0.05) is 0 Å². The van der Waals surface area contributed by atoms with E-state index in [1.54, 1.807) is 6.07 Å². The van der Waals surface area contributed by atoms with E-state index in [9.17, 15) is 4.79 Å². The van der Waals surface area contributed by atoms with Crippen molar-refractivity contribution in [3.8, 4) is 11.8 Å². The number of aromatic nitrogens is 1. The molecule has 0 saturated carbocycles. The average molecular weight is 178 g/mol. The maximum atomic E-state index is 10.9. The molecule has 0 spiro atoms. The lowest BCUT2D eigenvalue weighted by Crippen LogP contribution is -2.04. The zero-order valence-corrected chi connectivity index (χ0v) is 6.81. The van der Waals surface area contributed by atoms with Gasteiger partial charge in [-0.1, -0.05) is 0 Å². The van der Waals surface area contributed by atoms with E-state index >= 15 is 0 Å². The third kappa shape index (κ3) is 1.73. The van der Waals surface area contributed by atoms with Crippen molar-refractivity contribution in [2.45, 2.75) is 0 Å². The van der Waals surface area contributed by atoms with Gasteiger partial charge in [0.2, 0.25) is 0 Å². The van der Waals surface area contributed by atoms with Crippen molar-refractivity contribution in [2.24, 2.45) is 0 Å². The summed E-state index contributed by atoms with van der Waals surface area (Å²) in [6, 6.07) is 4.15. The van der Waals surface area contributed by atoms with E-state index < -0.39 is 5.97 Å². The molecule has 0 saturated heterocycles. The summed E-state index contributed by atoms with van der Waals surface area (Å²) in [5.74, 6) is -0.897. The number of ether oxygens (including phenoxy) is 1. The number of esters is 1. The molecule has 1 rings (SSSR count). The van der Waals surface area contributed by atoms with Gasteiger partial charge in [-0.15, -0.1) is 0 Å². The SMILES string of the molecule is COC(=O)c1ccc(O)c(C#N)n1. The molecule has 0 bridgehead atoms. The molecule has 5 heteroatoms. The molecule has 0 radical (unpaired) electrons. The highest BCUT2D eigenvalue weighted by Gasteiger charge is 2.10. The molecular weight excluding hydrogens is 172 g/mol. The number of aromatic hydroxyl groups is 1. The number of rotatable bonds is 1. The molecular formula is C8H6N2O3. The van der Waals surface area contributed by atoms with E-state index in [0.717, 1.165) is 0 Å². The molecule has 0 amide bonds. The van der Waals surface area contributed by atoms with Crippen molar-refractivity contribution in [2.75, 3.05) is 7.11 Å². The van der Waals surface area contributed by atoms with E-state index in [2.05, 4.69) is 9.72 Å². The van der Waals surface area contributed by atoms with E-state index in [1.807, 2.05) is 0 Å². The van der Waals surface area contributed by atoms with Gasteiger partial charge in [-0.2, -0.15) is 5.26 Å². The quantitative estimate of drug-likeness (QED) is 0.631. The smallest absolute Gasteiger partial charge is 0.356 e. The zero-order chi connectivity index (χ0) is 9.84. The summed E-state index contributed by atoms with van der Waals surface area (Å²) in [4.78, 5) is 14.5. The molecule has 5 nitrogen and oxygen atoms in total. The Labute approximate surface area is 74.2 Å². The monoisotopic (exact) mass is 178 g/mol. The van der Waals surface area contributed by atoms with Crippen molar-refractivity contribution in [3.63, 3.8) is 0 Å². The Balaban J connectivity index is 3.15. The Hall–Kier alpha value is -2.09. The number of hydrogen-bond acceptors (Lipinski definition) is 5. The van der Waals surface area contributed by atoms with Crippen LogP contribution in [-0.2, 0) is 4.74 Å². The van der Waals surface area contributed by atoms with Crippen LogP contribution >= 0.6 is 0 Å². The summed E-state index contributed by atoms with van der Waals surface area (Å²) in [7, 11) is 1.21. The summed E-state index contributed by atoms with van der Waals surface area (Å²) in [5, 5.41) is 17.5. The van der Waals surface area contributed by atoms with Crippen LogP contribution in [0.15, 0.2) is 12.1 Å². The second-order valence-corrected chi connectivity index (χ2v) is 2.17. The molecule has 0 aliphatic carbocycles. The maximum absolute atomic E-state index is 10.9. The second kappa shape index (κ2) is 3.54. The fraction of sp³-hybridized carbons (Fsp3) is 0.125. The molecule has 1 N–H and O–H groups in total. The van der Waals surface area contributed by atoms with Crippen LogP contribution in [0.2, 0.25) is 0 Å². The lowest BCUT2D eigenvalue weighted by Gasteiger charge is -1.99. The van der Waals surface area contributed by atoms with Crippen LogP contribution in [0, 0.1) is 11.3 Å². The largest absolute Gasteiger partial charge is 0.505 e. The fourth-order valence-electron chi connectivity index (χ4n) is 0.752. The minimum absolute atomic E-state index is 0.00292. The molecule has 13 heavy (non-hydrogen) atoms. The summed E-state index contributed by atoms with van der Waals surface area (Å²) < 4.78 is 4.38. The van der Waals surface area contributed by atoms with Crippen LogP contribution in [-0.4, -0.2) is 23.2 Å². The molecule has 1 heterocycles. The Morgan fingerprint density at radius 3 is 2.92 bits per heavy atom. The lowest BCUT2D eigenvalue weighted by atomic mass is 10.3. The van der Waals surface area contributed by atoms with Crippen LogP contribution in [0.5, 0.6) is 5.75 Å². The highest BCUT2D eigenvalue weighted by Crippen LogP contribution is 2.13. The molecule has 1 aromatic rings. The number of hydrogen-bond donors (Lipinski definition) is 1. The topological polar surface area (TPSA) is 83.2 Å². The first-order chi connectivity index (χ1) is 6.19. The Morgan fingerprint density at radius 2 is 2.38 bits per heavy atom. The number of carbonyl (C=O) groups excluding carboxylic acids is 1. The number of methoxy groups -OCH3 is 1. The highest BCUT2D eigenvalue weighted by molar-refractivity contribution is 5.87. The Morgan fingerprint density at radius 1 is 1.69 bits per heavy atom. The van der Waals surface area contributed by atoms with Crippen LogP contribution in [0.25, 0.3) is 0 Å². The molecule has 0 unspecified atom stereocenters. The molecule has 0 fully saturated rings. The lowest BCUT2D eigenvalue weighted by molar-refractivity contribution is 0.0594. The number of carbonyl (C=O) groups is 1. The van der Waals surface area contributed by atoms with Crippen molar-refractivity contribution >= 4 is 5.97 Å². The Bertz CT molecular complexity index is 381. The summed E-state index contributed by atoms with van der Waals surface area (Å²) in [5.41, 5.74) is -0.195. The predicted octanol–water partition coefficient (Wildman–Crippen LogP) is 0.445. The van der Waals surface area contributed by atoms with Gasteiger partial charge >= 0.3 is 5.97 Å². The predicted molar refractivity (Wildman–Crippen MR) is 42.0 cm³/mol. The second-order valence-electron chi connectivity index (χ2n) is 2.17. The van der Waals surface area contributed by atoms with E-state index in [-0.39, 0.29) is 17.1 Å². The van der Waals surface area contributed by atoms with Crippen molar-refractivity contribution < 1.29 is 14.6 Å². The van der Waals surface area contributed by atoms with E-state index in [0.29, 0.717) is 0 Å². The molecule has 0 aliphatic rings. The summed E-state index contributed by atoms with van der Waals surface area (Å²) in [6.45, 7) is 0. The molecule has 0 atom stereocenters. The van der Waals surface area contributed by atoms with Crippen LogP contribution in [0.1, 0.15) is 16.2 Å². The fourth-order valence-corrected chi connectivity index (χ4v) is 0.752. The Kier molecular flexibility index (Phi) is 2.45. The molecule has 66 valence electrons. The zero-order valence-electron chi connectivity index (χ0n) is 6.81. The molecule has 1 aromatic heterocycles. The van der Waals surface area contributed by atoms with Crippen molar-refractivity contribution in [1.82, 2.24) is 4.98 Å². The minimum atomic E-state index is -0.642. The van der Waals surface area contributed by atoms with Gasteiger partial charge in [0.25, 0.3) is 0 Å². The number of nitriles is 1. The highest BCUT2D eigenvalue weighted by atomic mass is 16.5. The standard InChI is InChI=1S/C8H6N2O3/c1-13-8(12)5-2-3-7(11)6(4-9)10-5/h2-3,11H,1H3.